The summed E-state index contributed by atoms with van der Waals surface area (Å²) in [5.41, 5.74) is 2.29. The summed E-state index contributed by atoms with van der Waals surface area (Å²) in [7, 11) is -2.03. The van der Waals surface area contributed by atoms with E-state index in [1.165, 1.54) is 17.5 Å². The number of nitrogens with zero attached hydrogens (tertiary/aromatic N) is 1. The second-order valence-electron chi connectivity index (χ2n) is 8.16. The van der Waals surface area contributed by atoms with Crippen molar-refractivity contribution in [3.63, 3.8) is 0 Å². The van der Waals surface area contributed by atoms with Crippen molar-refractivity contribution in [2.75, 3.05) is 29.0 Å². The van der Waals surface area contributed by atoms with Crippen LogP contribution in [0.4, 0.5) is 11.4 Å². The fourth-order valence-electron chi connectivity index (χ4n) is 4.06. The molecule has 3 aromatic carbocycles. The van der Waals surface area contributed by atoms with Crippen LogP contribution in [0.25, 0.3) is 0 Å². The summed E-state index contributed by atoms with van der Waals surface area (Å²) >= 11 is 0. The van der Waals surface area contributed by atoms with E-state index in [-0.39, 0.29) is 11.4 Å². The van der Waals surface area contributed by atoms with Gasteiger partial charge in [0.15, 0.2) is 0 Å². The average molecular weight is 494 g/mol. The molecule has 1 heterocycles. The smallest absolute Gasteiger partial charge is 0.313 e. The number of rotatable bonds is 6. The first-order valence-electron chi connectivity index (χ1n) is 11.3. The van der Waals surface area contributed by atoms with Gasteiger partial charge in [-0.05, 0) is 42.2 Å². The van der Waals surface area contributed by atoms with Crippen LogP contribution in [-0.2, 0) is 19.6 Å². The van der Waals surface area contributed by atoms with Crippen molar-refractivity contribution >= 4 is 33.2 Å². The van der Waals surface area contributed by atoms with E-state index in [0.29, 0.717) is 24.4 Å². The van der Waals surface area contributed by atoms with Crippen molar-refractivity contribution in [2.45, 2.75) is 18.9 Å². The Hall–Kier alpha value is -3.85. The van der Waals surface area contributed by atoms with Gasteiger partial charge < -0.3 is 15.4 Å². The Morgan fingerprint density at radius 3 is 2.09 bits per heavy atom. The number of nitrogens with one attached hydrogen (secondary N) is 2. The third kappa shape index (κ3) is 5.63. The summed E-state index contributed by atoms with van der Waals surface area (Å²) in [5.74, 6) is -1.26. The predicted octanol–water partition coefficient (Wildman–Crippen LogP) is 3.47. The number of benzene rings is 3. The molecule has 0 unspecified atom stereocenters. The molecule has 4 rings (SSSR count). The number of ether oxygens (including phenoxy) is 1. The molecule has 0 atom stereocenters. The van der Waals surface area contributed by atoms with Gasteiger partial charge in [-0.25, -0.2) is 8.42 Å². The second kappa shape index (κ2) is 10.6. The SMILES string of the molecule is COc1ccc(NC(=O)C(=O)NC(c2ccccc2)c2ccccc2)cc1N1CCCCS1(=O)=O. The number of sulfonamides is 1. The van der Waals surface area contributed by atoms with Gasteiger partial charge in [0.05, 0.1) is 24.6 Å². The third-order valence-electron chi connectivity index (χ3n) is 5.80. The maximum atomic E-state index is 12.9. The summed E-state index contributed by atoms with van der Waals surface area (Å²) in [6.07, 6.45) is 1.32. The molecule has 2 N–H and O–H groups in total. The first-order chi connectivity index (χ1) is 16.9. The molecule has 1 aliphatic rings. The lowest BCUT2D eigenvalue weighted by Gasteiger charge is -2.29. The third-order valence-corrected chi connectivity index (χ3v) is 7.66. The van der Waals surface area contributed by atoms with Crippen molar-refractivity contribution in [2.24, 2.45) is 0 Å². The Balaban J connectivity index is 1.54. The van der Waals surface area contributed by atoms with Crippen LogP contribution in [0.5, 0.6) is 5.75 Å². The van der Waals surface area contributed by atoms with Crippen LogP contribution in [0.2, 0.25) is 0 Å². The molecule has 182 valence electrons. The molecule has 1 fully saturated rings. The number of amides is 2. The maximum Gasteiger partial charge on any atom is 0.313 e. The minimum atomic E-state index is -3.49. The van der Waals surface area contributed by atoms with Gasteiger partial charge >= 0.3 is 11.8 Å². The number of anilines is 2. The summed E-state index contributed by atoms with van der Waals surface area (Å²) in [5, 5.41) is 5.38. The lowest BCUT2D eigenvalue weighted by Crippen LogP contribution is -2.39. The lowest BCUT2D eigenvalue weighted by atomic mass is 9.99. The van der Waals surface area contributed by atoms with E-state index < -0.39 is 27.9 Å². The van der Waals surface area contributed by atoms with Crippen LogP contribution in [0.1, 0.15) is 30.0 Å². The number of methoxy groups -OCH3 is 1. The molecule has 0 aromatic heterocycles. The van der Waals surface area contributed by atoms with Crippen LogP contribution in [-0.4, -0.2) is 39.6 Å². The normalized spacial score (nSPS) is 14.9. The molecular formula is C26H27N3O5S. The Morgan fingerprint density at radius 1 is 0.886 bits per heavy atom. The molecule has 0 saturated carbocycles. The van der Waals surface area contributed by atoms with E-state index in [9.17, 15) is 18.0 Å². The molecule has 2 amide bonds. The van der Waals surface area contributed by atoms with Gasteiger partial charge in [-0.2, -0.15) is 0 Å². The molecule has 1 aliphatic heterocycles. The van der Waals surface area contributed by atoms with Gasteiger partial charge in [-0.15, -0.1) is 0 Å². The van der Waals surface area contributed by atoms with Crippen LogP contribution >= 0.6 is 0 Å². The topological polar surface area (TPSA) is 105 Å². The summed E-state index contributed by atoms with van der Waals surface area (Å²) in [6, 6.07) is 22.9. The second-order valence-corrected chi connectivity index (χ2v) is 10.2. The lowest BCUT2D eigenvalue weighted by molar-refractivity contribution is -0.136. The molecule has 1 saturated heterocycles. The van der Waals surface area contributed by atoms with E-state index in [0.717, 1.165) is 17.5 Å². The van der Waals surface area contributed by atoms with Crippen LogP contribution < -0.4 is 19.7 Å². The fourth-order valence-corrected chi connectivity index (χ4v) is 5.70. The highest BCUT2D eigenvalue weighted by Gasteiger charge is 2.29. The Labute approximate surface area is 205 Å². The minimum absolute atomic E-state index is 0.0511. The highest BCUT2D eigenvalue weighted by Crippen LogP contribution is 2.35. The van der Waals surface area contributed by atoms with Gasteiger partial charge in [0.1, 0.15) is 5.75 Å². The Morgan fingerprint density at radius 2 is 1.51 bits per heavy atom. The zero-order chi connectivity index (χ0) is 24.8. The number of hydrogen-bond acceptors (Lipinski definition) is 5. The van der Waals surface area contributed by atoms with Crippen molar-refractivity contribution < 1.29 is 22.7 Å². The molecule has 0 spiro atoms. The molecule has 8 nitrogen and oxygen atoms in total. The van der Waals surface area contributed by atoms with E-state index >= 15 is 0 Å². The fraction of sp³-hybridized carbons (Fsp3) is 0.231. The van der Waals surface area contributed by atoms with E-state index in [1.807, 2.05) is 60.7 Å². The molecule has 3 aromatic rings. The summed E-state index contributed by atoms with van der Waals surface area (Å²) < 4.78 is 31.9. The monoisotopic (exact) mass is 493 g/mol. The highest BCUT2D eigenvalue weighted by atomic mass is 32.2. The number of carbonyl (C=O) groups excluding carboxylic acids is 2. The van der Waals surface area contributed by atoms with E-state index in [2.05, 4.69) is 10.6 Å². The van der Waals surface area contributed by atoms with Crippen molar-refractivity contribution in [1.29, 1.82) is 0 Å². The molecule has 9 heteroatoms. The first-order valence-corrected chi connectivity index (χ1v) is 12.9. The quantitative estimate of drug-likeness (QED) is 0.512. The molecule has 35 heavy (non-hydrogen) atoms. The largest absolute Gasteiger partial charge is 0.495 e. The minimum Gasteiger partial charge on any atom is -0.495 e. The predicted molar refractivity (Wildman–Crippen MR) is 135 cm³/mol. The van der Waals surface area contributed by atoms with Crippen molar-refractivity contribution in [1.82, 2.24) is 5.32 Å². The zero-order valence-corrected chi connectivity index (χ0v) is 20.1. The molecule has 0 aliphatic carbocycles. The Bertz CT molecular complexity index is 1260. The van der Waals surface area contributed by atoms with Gasteiger partial charge in [0.25, 0.3) is 0 Å². The van der Waals surface area contributed by atoms with Crippen LogP contribution in [0.3, 0.4) is 0 Å². The van der Waals surface area contributed by atoms with E-state index in [4.69, 9.17) is 4.74 Å². The highest BCUT2D eigenvalue weighted by molar-refractivity contribution is 7.92. The molecular weight excluding hydrogens is 466 g/mol. The Kier molecular flexibility index (Phi) is 7.36. The van der Waals surface area contributed by atoms with Gasteiger partial charge in [-0.3, -0.25) is 13.9 Å². The van der Waals surface area contributed by atoms with Crippen molar-refractivity contribution in [3.8, 4) is 5.75 Å². The molecule has 0 bridgehead atoms. The van der Waals surface area contributed by atoms with Gasteiger partial charge in [0, 0.05) is 12.2 Å². The molecule has 0 radical (unpaired) electrons. The summed E-state index contributed by atoms with van der Waals surface area (Å²) in [4.78, 5) is 25.7. The van der Waals surface area contributed by atoms with Crippen LogP contribution in [0.15, 0.2) is 78.9 Å². The first kappa shape index (κ1) is 24.3. The van der Waals surface area contributed by atoms with Crippen LogP contribution in [0, 0.1) is 0 Å². The van der Waals surface area contributed by atoms with E-state index in [1.54, 1.807) is 12.1 Å². The number of carbonyl (C=O) groups is 2. The zero-order valence-electron chi connectivity index (χ0n) is 19.3. The number of hydrogen-bond donors (Lipinski definition) is 2. The average Bonchev–Trinajstić information content (AvgIpc) is 2.88. The summed E-state index contributed by atoms with van der Waals surface area (Å²) in [6.45, 7) is 0.326. The standard InChI is InChI=1S/C26H27N3O5S/c1-34-23-15-14-21(18-22(23)29-16-8-9-17-35(29,32)33)27-25(30)26(31)28-24(19-10-4-2-5-11-19)20-12-6-3-7-13-20/h2-7,10-15,18,24H,8-9,16-17H2,1H3,(H,27,30)(H,28,31). The van der Waals surface area contributed by atoms with Gasteiger partial charge in [0.2, 0.25) is 10.0 Å². The van der Waals surface area contributed by atoms with Crippen molar-refractivity contribution in [3.05, 3.63) is 90.0 Å². The maximum absolute atomic E-state index is 12.9. The van der Waals surface area contributed by atoms with Gasteiger partial charge in [-0.1, -0.05) is 60.7 Å².